The summed E-state index contributed by atoms with van der Waals surface area (Å²) in [6, 6.07) is 24.8. The molecule has 1 unspecified atom stereocenters. The normalized spacial score (nSPS) is 15.1. The van der Waals surface area contributed by atoms with E-state index in [9.17, 15) is 14.4 Å². The van der Waals surface area contributed by atoms with Gasteiger partial charge in [-0.15, -0.1) is 0 Å². The van der Waals surface area contributed by atoms with Crippen molar-refractivity contribution in [2.75, 3.05) is 11.9 Å². The maximum absolute atomic E-state index is 13.7. The largest absolute Gasteiger partial charge is 0.341 e. The van der Waals surface area contributed by atoms with E-state index in [4.69, 9.17) is 0 Å². The van der Waals surface area contributed by atoms with Gasteiger partial charge < -0.3 is 20.2 Å². The van der Waals surface area contributed by atoms with Crippen LogP contribution in [0.3, 0.4) is 0 Å². The van der Waals surface area contributed by atoms with E-state index in [1.54, 1.807) is 6.20 Å². The monoisotopic (exact) mass is 587 g/mol. The predicted molar refractivity (Wildman–Crippen MR) is 168 cm³/mol. The van der Waals surface area contributed by atoms with Crippen LogP contribution in [0.2, 0.25) is 0 Å². The number of amides is 3. The number of H-pyrrole nitrogens is 2. The van der Waals surface area contributed by atoms with Crippen molar-refractivity contribution in [3.63, 3.8) is 0 Å². The van der Waals surface area contributed by atoms with Gasteiger partial charge in [-0.3, -0.25) is 19.7 Å². The molecule has 3 heterocycles. The first kappa shape index (κ1) is 28.6. The SMILES string of the molecule is CC(=O)Nc1ncc(-c2ccc(-c3ccc(-c4cnc(C5CCCN5C(=O)[C@H](NC(C)=O)c5ccccc5)[nH]4)cc3)cc2)[nH]1. The van der Waals surface area contributed by atoms with E-state index in [1.165, 1.54) is 13.8 Å². The van der Waals surface area contributed by atoms with Gasteiger partial charge in [-0.1, -0.05) is 78.9 Å². The molecule has 0 bridgehead atoms. The molecule has 44 heavy (non-hydrogen) atoms. The summed E-state index contributed by atoms with van der Waals surface area (Å²) in [6.07, 6.45) is 5.15. The lowest BCUT2D eigenvalue weighted by Gasteiger charge is -2.28. The van der Waals surface area contributed by atoms with Crippen LogP contribution in [0.1, 0.15) is 50.2 Å². The summed E-state index contributed by atoms with van der Waals surface area (Å²) < 4.78 is 0. The molecule has 1 aliphatic rings. The highest BCUT2D eigenvalue weighted by Gasteiger charge is 2.36. The standard InChI is InChI=1S/C34H33N7O3/c1-21(42)37-31(27-7-4-3-5-8-27)33(44)41-18-6-9-30(41)32-35-19-28(39-32)25-14-10-23(11-15-25)24-12-16-26(17-13-24)29-20-36-34(40-29)38-22(2)43/h3-5,7-8,10-17,19-20,30-31H,6,9,18H2,1-2H3,(H,35,39)(H,37,42)(H2,36,38,40,43)/t30?,31-/m1/s1. The fraction of sp³-hybridized carbons (Fsp3) is 0.206. The molecule has 3 aromatic carbocycles. The quantitative estimate of drug-likeness (QED) is 0.187. The van der Waals surface area contributed by atoms with Gasteiger partial charge >= 0.3 is 0 Å². The maximum Gasteiger partial charge on any atom is 0.250 e. The summed E-state index contributed by atoms with van der Waals surface area (Å²) in [5, 5.41) is 5.48. The number of rotatable bonds is 8. The number of imidazole rings is 2. The summed E-state index contributed by atoms with van der Waals surface area (Å²) in [6.45, 7) is 3.47. The third-order valence-corrected chi connectivity index (χ3v) is 7.77. The van der Waals surface area contributed by atoms with Crippen molar-refractivity contribution in [3.8, 4) is 33.6 Å². The average Bonchev–Trinajstić information content (AvgIpc) is 3.81. The summed E-state index contributed by atoms with van der Waals surface area (Å²) in [4.78, 5) is 54.2. The van der Waals surface area contributed by atoms with Crippen LogP contribution in [0.25, 0.3) is 33.6 Å². The molecule has 222 valence electrons. The van der Waals surface area contributed by atoms with Crippen LogP contribution in [0.5, 0.6) is 0 Å². The van der Waals surface area contributed by atoms with E-state index in [1.807, 2.05) is 65.7 Å². The molecule has 4 N–H and O–H groups in total. The minimum Gasteiger partial charge on any atom is -0.341 e. The molecule has 0 aliphatic carbocycles. The molecule has 2 atom stereocenters. The molecule has 1 aliphatic heterocycles. The topological polar surface area (TPSA) is 136 Å². The molecule has 10 heteroatoms. The Kier molecular flexibility index (Phi) is 8.05. The highest BCUT2D eigenvalue weighted by molar-refractivity contribution is 5.88. The third-order valence-electron chi connectivity index (χ3n) is 7.77. The summed E-state index contributed by atoms with van der Waals surface area (Å²) in [5.74, 6) is 0.589. The molecular formula is C34H33N7O3. The Morgan fingerprint density at radius 2 is 1.36 bits per heavy atom. The first-order valence-corrected chi connectivity index (χ1v) is 14.6. The average molecular weight is 588 g/mol. The fourth-order valence-corrected chi connectivity index (χ4v) is 5.65. The van der Waals surface area contributed by atoms with Crippen LogP contribution in [0.4, 0.5) is 5.95 Å². The molecule has 5 aromatic rings. The number of hydrogen-bond acceptors (Lipinski definition) is 5. The number of benzene rings is 3. The lowest BCUT2D eigenvalue weighted by Crippen LogP contribution is -2.42. The van der Waals surface area contributed by atoms with Gasteiger partial charge in [0.1, 0.15) is 11.9 Å². The highest BCUT2D eigenvalue weighted by atomic mass is 16.2. The summed E-state index contributed by atoms with van der Waals surface area (Å²) in [7, 11) is 0. The number of carbonyl (C=O) groups is 3. The Hall–Kier alpha value is -5.51. The van der Waals surface area contributed by atoms with E-state index in [-0.39, 0.29) is 23.8 Å². The van der Waals surface area contributed by atoms with Crippen LogP contribution in [0.15, 0.2) is 91.3 Å². The van der Waals surface area contributed by atoms with Crippen molar-refractivity contribution in [1.82, 2.24) is 30.2 Å². The molecule has 6 rings (SSSR count). The van der Waals surface area contributed by atoms with Crippen molar-refractivity contribution in [3.05, 3.63) is 103 Å². The van der Waals surface area contributed by atoms with Gasteiger partial charge in [-0.05, 0) is 40.7 Å². The van der Waals surface area contributed by atoms with Crippen LogP contribution >= 0.6 is 0 Å². The van der Waals surface area contributed by atoms with E-state index in [0.29, 0.717) is 12.5 Å². The first-order valence-electron chi connectivity index (χ1n) is 14.6. The number of hydrogen-bond donors (Lipinski definition) is 4. The molecule has 0 radical (unpaired) electrons. The van der Waals surface area contributed by atoms with Crippen molar-refractivity contribution in [1.29, 1.82) is 0 Å². The van der Waals surface area contributed by atoms with Gasteiger partial charge in [0.15, 0.2) is 0 Å². The zero-order valence-electron chi connectivity index (χ0n) is 24.5. The number of carbonyl (C=O) groups excluding carboxylic acids is 3. The Morgan fingerprint density at radius 3 is 1.98 bits per heavy atom. The highest BCUT2D eigenvalue weighted by Crippen LogP contribution is 2.34. The van der Waals surface area contributed by atoms with Crippen molar-refractivity contribution in [2.24, 2.45) is 0 Å². The number of aromatic amines is 2. The van der Waals surface area contributed by atoms with Crippen molar-refractivity contribution in [2.45, 2.75) is 38.8 Å². The first-order chi connectivity index (χ1) is 21.4. The summed E-state index contributed by atoms with van der Waals surface area (Å²) in [5.41, 5.74) is 6.54. The lowest BCUT2D eigenvalue weighted by molar-refractivity contribution is -0.137. The molecule has 3 amide bonds. The van der Waals surface area contributed by atoms with E-state index < -0.39 is 6.04 Å². The molecular weight excluding hydrogens is 554 g/mol. The molecule has 0 saturated carbocycles. The van der Waals surface area contributed by atoms with E-state index >= 15 is 0 Å². The minimum absolute atomic E-state index is 0.136. The minimum atomic E-state index is -0.744. The second kappa shape index (κ2) is 12.4. The van der Waals surface area contributed by atoms with E-state index in [0.717, 1.165) is 57.9 Å². The Bertz CT molecular complexity index is 1780. The number of anilines is 1. The second-order valence-electron chi connectivity index (χ2n) is 10.9. The Balaban J connectivity index is 1.15. The van der Waals surface area contributed by atoms with Gasteiger partial charge in [0, 0.05) is 20.4 Å². The molecule has 1 fully saturated rings. The van der Waals surface area contributed by atoms with Crippen LogP contribution < -0.4 is 10.6 Å². The number of nitrogens with zero attached hydrogens (tertiary/aromatic N) is 3. The molecule has 2 aromatic heterocycles. The zero-order valence-corrected chi connectivity index (χ0v) is 24.5. The molecule has 1 saturated heterocycles. The number of likely N-dealkylation sites (tertiary alicyclic amines) is 1. The van der Waals surface area contributed by atoms with Crippen LogP contribution in [-0.4, -0.2) is 49.1 Å². The van der Waals surface area contributed by atoms with Gasteiger partial charge in [-0.25, -0.2) is 9.97 Å². The van der Waals surface area contributed by atoms with Crippen LogP contribution in [0, 0.1) is 0 Å². The van der Waals surface area contributed by atoms with Crippen molar-refractivity contribution >= 4 is 23.7 Å². The van der Waals surface area contributed by atoms with Gasteiger partial charge in [0.05, 0.1) is 29.8 Å². The zero-order chi connectivity index (χ0) is 30.6. The second-order valence-corrected chi connectivity index (χ2v) is 10.9. The van der Waals surface area contributed by atoms with Crippen molar-refractivity contribution < 1.29 is 14.4 Å². The van der Waals surface area contributed by atoms with Gasteiger partial charge in [0.2, 0.25) is 23.7 Å². The Labute approximate surface area is 255 Å². The number of nitrogens with one attached hydrogen (secondary N) is 4. The smallest absolute Gasteiger partial charge is 0.250 e. The van der Waals surface area contributed by atoms with Gasteiger partial charge in [-0.2, -0.15) is 0 Å². The summed E-state index contributed by atoms with van der Waals surface area (Å²) >= 11 is 0. The lowest BCUT2D eigenvalue weighted by atomic mass is 10.0. The number of aromatic nitrogens is 4. The fourth-order valence-electron chi connectivity index (χ4n) is 5.65. The van der Waals surface area contributed by atoms with Gasteiger partial charge in [0.25, 0.3) is 0 Å². The molecule has 10 nitrogen and oxygen atoms in total. The molecule has 0 spiro atoms. The predicted octanol–water partition coefficient (Wildman–Crippen LogP) is 5.63. The Morgan fingerprint density at radius 1 is 0.773 bits per heavy atom. The maximum atomic E-state index is 13.7. The van der Waals surface area contributed by atoms with Crippen LogP contribution in [-0.2, 0) is 14.4 Å². The third kappa shape index (κ3) is 6.14. The van der Waals surface area contributed by atoms with E-state index in [2.05, 4.69) is 54.8 Å².